The summed E-state index contributed by atoms with van der Waals surface area (Å²) < 4.78 is 0. The first-order valence-electron chi connectivity index (χ1n) is 21.9. The number of benzene rings is 2. The average molecular weight is 780 g/mol. The Morgan fingerprint density at radius 2 is 0.569 bits per heavy atom. The van der Waals surface area contributed by atoms with Crippen LogP contribution in [0.25, 0.3) is 0 Å². The summed E-state index contributed by atoms with van der Waals surface area (Å²) in [5.74, 6) is 0. The number of nitrogens with one attached hydrogen (secondary N) is 6. The van der Waals surface area contributed by atoms with E-state index in [-0.39, 0.29) is 0 Å². The van der Waals surface area contributed by atoms with Crippen molar-refractivity contribution in [2.45, 2.75) is 145 Å². The van der Waals surface area contributed by atoms with Crippen LogP contribution < -0.4 is 31.9 Å². The lowest BCUT2D eigenvalue weighted by molar-refractivity contribution is 0.620. The Balaban J connectivity index is 1.35. The van der Waals surface area contributed by atoms with E-state index in [1.165, 1.54) is 61.2 Å². The van der Waals surface area contributed by atoms with Crippen molar-refractivity contribution in [3.8, 4) is 0 Å². The third-order valence-electron chi connectivity index (χ3n) is 12.1. The molecule has 0 fully saturated rings. The molecule has 0 radical (unpaired) electrons. The van der Waals surface area contributed by atoms with Crippen molar-refractivity contribution in [1.82, 2.24) is 46.9 Å². The van der Waals surface area contributed by atoms with E-state index in [1.807, 2.05) is 0 Å². The van der Waals surface area contributed by atoms with Gasteiger partial charge in [0, 0.05) is 78.5 Å². The predicted octanol–water partition coefficient (Wildman–Crippen LogP) is 7.05. The Hall–Kier alpha value is -4.35. The summed E-state index contributed by atoms with van der Waals surface area (Å²) in [6, 6.07) is 21.8. The van der Waals surface area contributed by atoms with Gasteiger partial charge in [-0.2, -0.15) is 0 Å². The second-order valence-corrected chi connectivity index (χ2v) is 15.8. The maximum atomic E-state index is 5.14. The molecule has 0 saturated carbocycles. The Morgan fingerprint density at radius 1 is 0.328 bits per heavy atom. The minimum atomic E-state index is 0.711. The van der Waals surface area contributed by atoms with Crippen LogP contribution in [-0.2, 0) is 111 Å². The first kappa shape index (κ1) is 41.8. The SMILES string of the molecule is CCc1c2cc3c(CC)c1CNCc1cccc(n1)CNCc1c(CC)c(c(CC)c(c1CC)CNCc1cccc(n1)CNC3)CNCc1cccc(n1)CNC2. The number of fused-ring (bicyclic) bond motifs is 12. The van der Waals surface area contributed by atoms with E-state index in [9.17, 15) is 0 Å². The summed E-state index contributed by atoms with van der Waals surface area (Å²) in [5.41, 5.74) is 22.2. The van der Waals surface area contributed by atoms with Crippen molar-refractivity contribution in [3.63, 3.8) is 0 Å². The number of hydrogen-bond acceptors (Lipinski definition) is 9. The molecule has 0 unspecified atom stereocenters. The van der Waals surface area contributed by atoms with Crippen molar-refractivity contribution in [1.29, 1.82) is 0 Å². The molecule has 0 spiro atoms. The zero-order valence-corrected chi connectivity index (χ0v) is 35.6. The third kappa shape index (κ3) is 9.91. The van der Waals surface area contributed by atoms with Crippen LogP contribution in [0.5, 0.6) is 0 Å². The molecule has 306 valence electrons. The van der Waals surface area contributed by atoms with E-state index in [4.69, 9.17) is 15.0 Å². The molecule has 2 aromatic carbocycles. The Bertz CT molecular complexity index is 2030. The molecule has 5 aromatic rings. The van der Waals surface area contributed by atoms with Crippen molar-refractivity contribution in [2.75, 3.05) is 0 Å². The second kappa shape index (κ2) is 20.6. The Labute approximate surface area is 347 Å². The molecular formula is C49H65N9. The van der Waals surface area contributed by atoms with Gasteiger partial charge in [0.15, 0.2) is 0 Å². The van der Waals surface area contributed by atoms with Gasteiger partial charge in [-0.05, 0) is 130 Å². The molecule has 0 atom stereocenters. The number of nitrogens with zero attached hydrogens (tertiary/aromatic N) is 3. The first-order valence-corrected chi connectivity index (χ1v) is 21.9. The third-order valence-corrected chi connectivity index (χ3v) is 12.1. The number of rotatable bonds is 5. The van der Waals surface area contributed by atoms with Gasteiger partial charge in [0.1, 0.15) is 0 Å². The Morgan fingerprint density at radius 3 is 0.828 bits per heavy atom. The molecule has 6 heterocycles. The maximum Gasteiger partial charge on any atom is 0.0545 e. The van der Waals surface area contributed by atoms with E-state index in [2.05, 4.69) is 127 Å². The molecule has 3 aliphatic rings. The quantitative estimate of drug-likeness (QED) is 0.112. The van der Waals surface area contributed by atoms with E-state index < -0.39 is 0 Å². The second-order valence-electron chi connectivity index (χ2n) is 15.8. The number of hydrogen-bond donors (Lipinski definition) is 6. The van der Waals surface area contributed by atoms with E-state index >= 15 is 0 Å². The smallest absolute Gasteiger partial charge is 0.0545 e. The highest BCUT2D eigenvalue weighted by Crippen LogP contribution is 2.32. The molecule has 6 N–H and O–H groups in total. The molecule has 9 heteroatoms. The summed E-state index contributed by atoms with van der Waals surface area (Å²) in [6.45, 7) is 20.6. The van der Waals surface area contributed by atoms with E-state index in [1.54, 1.807) is 0 Å². The number of pyridine rings is 3. The molecule has 12 bridgehead atoms. The van der Waals surface area contributed by atoms with Crippen LogP contribution in [0.3, 0.4) is 0 Å². The van der Waals surface area contributed by atoms with Gasteiger partial charge in [-0.15, -0.1) is 0 Å². The van der Waals surface area contributed by atoms with Crippen LogP contribution in [0.1, 0.15) is 130 Å². The van der Waals surface area contributed by atoms with Crippen LogP contribution in [0.2, 0.25) is 0 Å². The summed E-state index contributed by atoms with van der Waals surface area (Å²) >= 11 is 0. The summed E-state index contributed by atoms with van der Waals surface area (Å²) in [7, 11) is 0. The van der Waals surface area contributed by atoms with Crippen LogP contribution >= 0.6 is 0 Å². The van der Waals surface area contributed by atoms with Crippen molar-refractivity contribution in [2.24, 2.45) is 0 Å². The minimum Gasteiger partial charge on any atom is -0.307 e. The highest BCUT2D eigenvalue weighted by atomic mass is 14.9. The average Bonchev–Trinajstić information content (AvgIpc) is 3.23. The topological polar surface area (TPSA) is 111 Å². The summed E-state index contributed by atoms with van der Waals surface area (Å²) in [4.78, 5) is 15.4. The van der Waals surface area contributed by atoms with Gasteiger partial charge in [0.2, 0.25) is 0 Å². The Kier molecular flexibility index (Phi) is 14.8. The van der Waals surface area contributed by atoms with Crippen molar-refractivity contribution < 1.29 is 0 Å². The molecule has 0 aliphatic carbocycles. The van der Waals surface area contributed by atoms with Gasteiger partial charge in [-0.3, -0.25) is 15.0 Å². The molecule has 0 amide bonds. The lowest BCUT2D eigenvalue weighted by Gasteiger charge is -2.27. The zero-order valence-electron chi connectivity index (χ0n) is 35.6. The zero-order chi connectivity index (χ0) is 40.3. The van der Waals surface area contributed by atoms with Gasteiger partial charge in [0.05, 0.1) is 34.2 Å². The van der Waals surface area contributed by atoms with Gasteiger partial charge in [-0.1, -0.05) is 58.9 Å². The molecule has 3 aliphatic heterocycles. The summed E-state index contributed by atoms with van der Waals surface area (Å²) in [6.07, 6.45) is 4.89. The van der Waals surface area contributed by atoms with Gasteiger partial charge >= 0.3 is 0 Å². The molecule has 8 rings (SSSR count). The fraction of sp³-hybridized carbons (Fsp3) is 0.449. The standard InChI is InChI=1S/C49H65N9/c1-6-41-33-20-34-22-51-24-36-15-12-17-39(57-36)27-54-31-48-43(8-3)47(30-53-26-38-16-11-14-35(56-38)23-50-21-33)44(9-4)49(45(48)10-5)32-55-28-40-19-13-18-37(58-40)25-52-29-46(41)42(34)7-2/h11-20,50-55H,6-10,21-32H2,1-5H3. The van der Waals surface area contributed by atoms with Gasteiger partial charge in [-0.25, -0.2) is 0 Å². The molecule has 3 aromatic heterocycles. The van der Waals surface area contributed by atoms with Gasteiger partial charge < -0.3 is 31.9 Å². The molecule has 9 nitrogen and oxygen atoms in total. The van der Waals surface area contributed by atoms with Crippen molar-refractivity contribution >= 4 is 0 Å². The first-order chi connectivity index (χ1) is 28.5. The fourth-order valence-corrected chi connectivity index (χ4v) is 9.47. The minimum absolute atomic E-state index is 0.711. The lowest BCUT2D eigenvalue weighted by atomic mass is 9.83. The highest BCUT2D eigenvalue weighted by molar-refractivity contribution is 5.53. The maximum absolute atomic E-state index is 5.14. The highest BCUT2D eigenvalue weighted by Gasteiger charge is 2.22. The monoisotopic (exact) mass is 780 g/mol. The lowest BCUT2D eigenvalue weighted by Crippen LogP contribution is -2.25. The molecular weight excluding hydrogens is 715 g/mol. The number of aromatic nitrogens is 3. The molecule has 0 saturated heterocycles. The van der Waals surface area contributed by atoms with Gasteiger partial charge in [0.25, 0.3) is 0 Å². The van der Waals surface area contributed by atoms with Crippen LogP contribution in [0.15, 0.2) is 60.7 Å². The van der Waals surface area contributed by atoms with E-state index in [0.29, 0.717) is 39.3 Å². The summed E-state index contributed by atoms with van der Waals surface area (Å²) in [5, 5.41) is 23.0. The van der Waals surface area contributed by atoms with Crippen LogP contribution in [-0.4, -0.2) is 15.0 Å². The largest absolute Gasteiger partial charge is 0.307 e. The van der Waals surface area contributed by atoms with Crippen LogP contribution in [0, 0.1) is 0 Å². The predicted molar refractivity (Wildman–Crippen MR) is 236 cm³/mol. The van der Waals surface area contributed by atoms with E-state index in [0.717, 1.165) is 106 Å². The van der Waals surface area contributed by atoms with Crippen LogP contribution in [0.4, 0.5) is 0 Å². The van der Waals surface area contributed by atoms with Crippen molar-refractivity contribution in [3.05, 3.63) is 156 Å². The molecule has 58 heavy (non-hydrogen) atoms. The normalized spacial score (nSPS) is 15.8. The fourth-order valence-electron chi connectivity index (χ4n) is 9.47.